The number of rotatable bonds is 38. The Hall–Kier alpha value is -9.67. The summed E-state index contributed by atoms with van der Waals surface area (Å²) in [4.78, 5) is 94.8. The summed E-state index contributed by atoms with van der Waals surface area (Å²) in [6, 6.07) is 37.3. The van der Waals surface area contributed by atoms with Crippen molar-refractivity contribution in [1.29, 1.82) is 0 Å². The van der Waals surface area contributed by atoms with Crippen LogP contribution in [0, 0.1) is 20.8 Å². The first-order valence-electron chi connectivity index (χ1n) is 32.7. The molecular weight excluding hydrogens is 1360 g/mol. The monoisotopic (exact) mass is 1460 g/mol. The van der Waals surface area contributed by atoms with E-state index in [9.17, 15) is 63.9 Å². The van der Waals surface area contributed by atoms with Crippen LogP contribution in [-0.2, 0) is 67.5 Å². The molecule has 5 aromatic carbocycles. The largest absolute Gasteiger partial charge is 2.00 e. The van der Waals surface area contributed by atoms with Gasteiger partial charge in [-0.25, -0.2) is 24.0 Å². The zero-order chi connectivity index (χ0) is 77.7. The van der Waals surface area contributed by atoms with Crippen molar-refractivity contribution in [2.24, 2.45) is 0 Å². The van der Waals surface area contributed by atoms with Crippen molar-refractivity contribution in [2.45, 2.75) is 112 Å². The Kier molecular flexibility index (Phi) is 42.2. The van der Waals surface area contributed by atoms with Crippen molar-refractivity contribution in [2.75, 3.05) is 100 Å². The minimum atomic E-state index is -1.01. The molecular formula is C78H101MgN3O22+2. The molecule has 0 heterocycles. The number of ketones is 1. The topological polar surface area (TPSA) is 353 Å². The van der Waals surface area contributed by atoms with Crippen LogP contribution in [0.3, 0.4) is 0 Å². The Labute approximate surface area is 625 Å². The number of ether oxygens (including phenoxy) is 7. The predicted octanol–water partition coefficient (Wildman–Crippen LogP) is 7.95. The summed E-state index contributed by atoms with van der Waals surface area (Å²) in [6.45, 7) is 35.5. The number of esters is 5. The number of aliphatic hydroxyl groups is 5. The third kappa shape index (κ3) is 37.5. The summed E-state index contributed by atoms with van der Waals surface area (Å²) in [5, 5.41) is 67.8. The molecule has 0 saturated heterocycles. The number of aliphatic carboxylic acids is 2. The van der Waals surface area contributed by atoms with Crippen LogP contribution < -0.4 is 24.2 Å². The van der Waals surface area contributed by atoms with E-state index in [-0.39, 0.29) is 148 Å². The summed E-state index contributed by atoms with van der Waals surface area (Å²) >= 11 is 0. The predicted molar refractivity (Wildman–Crippen MR) is 397 cm³/mol. The first-order valence-corrected chi connectivity index (χ1v) is 32.7. The van der Waals surface area contributed by atoms with Gasteiger partial charge in [0.2, 0.25) is 0 Å². The van der Waals surface area contributed by atoms with Gasteiger partial charge in [0.25, 0.3) is 0 Å². The van der Waals surface area contributed by atoms with E-state index in [2.05, 4.69) is 46.7 Å². The molecule has 560 valence electrons. The molecule has 5 aromatic rings. The molecule has 104 heavy (non-hydrogen) atoms. The molecule has 5 rings (SSSR count). The Bertz CT molecular complexity index is 3290. The van der Waals surface area contributed by atoms with Gasteiger partial charge in [-0.1, -0.05) is 124 Å². The SMILES string of the molecule is C=C(C)C(=O)OCC(O)CN(CC(=O)O)c1ccc(C)cc1.C=C(C)C(=O)OCC(O)CN(CC(=O)O)c1ccc(C)cc1.C=C(C)C(=O)OCC(O)CN(CC(C)=O)c1ccc(C)cc1.C=C(C)C(=O)OCC(O)COc1ccc(C(C)(C)c2ccc(OCC(O)COC(=O)C(=C)C)cc2)cc1.[Mg+2]. The molecule has 25 nitrogen and oxygen atoms in total. The van der Waals surface area contributed by atoms with Crippen LogP contribution in [0.15, 0.2) is 182 Å². The van der Waals surface area contributed by atoms with Gasteiger partial charge in [-0.15, -0.1) is 0 Å². The standard InChI is InChI=1S/C29H36O8.C17H23NO4.2C16H21NO5.Mg/c1-19(2)27(32)36-17-23(30)15-34-25-11-7-21(8-12-25)29(5,6)22-9-13-26(14-10-22)35-16-24(31)18-37-28(33)20(3)4;1-12(2)17(21)22-11-16(20)10-18(9-14(4)19)15-7-5-13(3)6-8-15;2*1-11(2)16(21)22-10-14(18)8-17(9-15(19)20)13-6-4-12(3)5-7-13;/h7-14,23-24,30-31H,1,3,15-18H2,2,4-6H3;5-8,16,20H,1,9-11H2,2-4H3;2*4-7,14,18H,1,8-10H2,2-3H3,(H,19,20);/q;;;;+2. The van der Waals surface area contributed by atoms with E-state index < -0.39 is 72.3 Å². The zero-order valence-corrected chi connectivity index (χ0v) is 62.9. The number of carboxylic acid groups (broad SMARTS) is 2. The second-order valence-electron chi connectivity index (χ2n) is 25.1. The van der Waals surface area contributed by atoms with Crippen molar-refractivity contribution in [3.8, 4) is 11.5 Å². The molecule has 5 atom stereocenters. The third-order valence-electron chi connectivity index (χ3n) is 14.4. The van der Waals surface area contributed by atoms with E-state index in [4.69, 9.17) is 43.4 Å². The molecule has 0 bridgehead atoms. The van der Waals surface area contributed by atoms with Gasteiger partial charge in [0.05, 0.1) is 6.54 Å². The molecule has 0 spiro atoms. The van der Waals surface area contributed by atoms with E-state index >= 15 is 0 Å². The van der Waals surface area contributed by atoms with Crippen LogP contribution >= 0.6 is 0 Å². The van der Waals surface area contributed by atoms with E-state index in [1.54, 1.807) is 36.1 Å². The van der Waals surface area contributed by atoms with Crippen molar-refractivity contribution in [3.05, 3.63) is 210 Å². The first-order chi connectivity index (χ1) is 48.3. The molecule has 0 fully saturated rings. The molecule has 0 aliphatic rings. The summed E-state index contributed by atoms with van der Waals surface area (Å²) in [5.41, 5.74) is 8.52. The normalized spacial score (nSPS) is 11.9. The Morgan fingerprint density at radius 3 is 0.788 bits per heavy atom. The van der Waals surface area contributed by atoms with Crippen LogP contribution in [0.1, 0.15) is 83.2 Å². The number of carbonyl (C=O) groups excluding carboxylic acids is 6. The van der Waals surface area contributed by atoms with Crippen LogP contribution in [-0.4, -0.2) is 222 Å². The van der Waals surface area contributed by atoms with Gasteiger partial charge in [-0.05, 0) is 134 Å². The summed E-state index contributed by atoms with van der Waals surface area (Å²) < 4.78 is 35.7. The maximum Gasteiger partial charge on any atom is 2.00 e. The number of Topliss-reactive ketones (excluding diaryl/α,β-unsaturated/α-hetero) is 1. The van der Waals surface area contributed by atoms with Gasteiger partial charge < -0.3 is 83.6 Å². The molecule has 0 radical (unpaired) electrons. The van der Waals surface area contributed by atoms with Gasteiger partial charge >= 0.3 is 64.8 Å². The molecule has 0 aromatic heterocycles. The van der Waals surface area contributed by atoms with E-state index in [1.165, 1.54) is 44.4 Å². The fourth-order valence-electron chi connectivity index (χ4n) is 8.63. The fraction of sp³-hybridized carbons (Fsp3) is 0.385. The van der Waals surface area contributed by atoms with E-state index in [0.717, 1.165) is 33.5 Å². The van der Waals surface area contributed by atoms with Gasteiger partial charge in [0.15, 0.2) is 0 Å². The molecule has 0 saturated carbocycles. The van der Waals surface area contributed by atoms with E-state index in [1.807, 2.05) is 118 Å². The second-order valence-corrected chi connectivity index (χ2v) is 25.1. The van der Waals surface area contributed by atoms with Gasteiger partial charge in [-0.2, -0.15) is 0 Å². The molecule has 5 unspecified atom stereocenters. The third-order valence-corrected chi connectivity index (χ3v) is 14.4. The second kappa shape index (κ2) is 47.6. The minimum absolute atomic E-state index is 0. The van der Waals surface area contributed by atoms with Crippen LogP contribution in [0.2, 0.25) is 0 Å². The molecule has 0 amide bonds. The number of anilines is 3. The van der Waals surface area contributed by atoms with Crippen LogP contribution in [0.25, 0.3) is 0 Å². The summed E-state index contributed by atoms with van der Waals surface area (Å²) in [6.07, 6.45) is -4.78. The average Bonchev–Trinajstić information content (AvgIpc) is 0.751. The summed E-state index contributed by atoms with van der Waals surface area (Å²) in [5.74, 6) is -3.66. The number of carboxylic acids is 2. The molecule has 0 aliphatic heterocycles. The van der Waals surface area contributed by atoms with E-state index in [0.29, 0.717) is 22.9 Å². The number of carbonyl (C=O) groups is 8. The number of aryl methyl sites for hydroxylation is 3. The number of benzene rings is 5. The number of aliphatic hydroxyl groups excluding tert-OH is 5. The molecule has 7 N–H and O–H groups in total. The van der Waals surface area contributed by atoms with Gasteiger partial charge in [0, 0.05) is 70.0 Å². The Morgan fingerprint density at radius 1 is 0.356 bits per heavy atom. The van der Waals surface area contributed by atoms with Gasteiger partial charge in [-0.3, -0.25) is 14.4 Å². The zero-order valence-electron chi connectivity index (χ0n) is 61.5. The van der Waals surface area contributed by atoms with Crippen molar-refractivity contribution >= 4 is 87.7 Å². The maximum absolute atomic E-state index is 11.4. The minimum Gasteiger partial charge on any atom is -0.491 e. The average molecular weight is 1460 g/mol. The number of hydrogen-bond acceptors (Lipinski definition) is 23. The van der Waals surface area contributed by atoms with Gasteiger partial charge in [0.1, 0.15) is 107 Å². The fourth-order valence-corrected chi connectivity index (χ4v) is 8.63. The summed E-state index contributed by atoms with van der Waals surface area (Å²) in [7, 11) is 0. The quantitative estimate of drug-likeness (QED) is 0.00852. The first kappa shape index (κ1) is 92.3. The molecule has 26 heteroatoms. The van der Waals surface area contributed by atoms with Crippen LogP contribution in [0.5, 0.6) is 11.5 Å². The van der Waals surface area contributed by atoms with Crippen molar-refractivity contribution in [1.82, 2.24) is 0 Å². The van der Waals surface area contributed by atoms with Crippen molar-refractivity contribution in [3.63, 3.8) is 0 Å². The number of nitrogens with zero attached hydrogens (tertiary/aromatic N) is 3. The smallest absolute Gasteiger partial charge is 0.491 e. The Balaban J connectivity index is 0.000000713. The Morgan fingerprint density at radius 2 is 0.577 bits per heavy atom. The van der Waals surface area contributed by atoms with Crippen LogP contribution in [0.4, 0.5) is 17.1 Å². The number of hydrogen-bond donors (Lipinski definition) is 7. The molecule has 0 aliphatic carbocycles. The van der Waals surface area contributed by atoms with Crippen molar-refractivity contribution < 1.29 is 107 Å². The maximum atomic E-state index is 11.4.